The van der Waals surface area contributed by atoms with Crippen molar-refractivity contribution in [3.05, 3.63) is 0 Å². The summed E-state index contributed by atoms with van der Waals surface area (Å²) in [6, 6.07) is 0. The van der Waals surface area contributed by atoms with Crippen LogP contribution in [0.4, 0.5) is 0 Å². The molecule has 0 amide bonds. The van der Waals surface area contributed by atoms with Crippen LogP contribution in [0.5, 0.6) is 0 Å². The van der Waals surface area contributed by atoms with Gasteiger partial charge in [0.15, 0.2) is 5.96 Å². The van der Waals surface area contributed by atoms with Crippen LogP contribution in [0.3, 0.4) is 0 Å². The number of aliphatic imine (C=N–C) groups is 1. The van der Waals surface area contributed by atoms with E-state index in [1.165, 1.54) is 32.1 Å². The first-order valence-corrected chi connectivity index (χ1v) is 9.88. The summed E-state index contributed by atoms with van der Waals surface area (Å²) >= 11 is 0. The molecule has 2 aliphatic rings. The SMILES string of the molecule is CN=C(NCCCOCC1CCOC1)NCCC1CCCC(C)C1.I. The van der Waals surface area contributed by atoms with Crippen molar-refractivity contribution in [2.45, 2.75) is 51.9 Å². The molecule has 3 atom stereocenters. The normalized spacial score (nSPS) is 27.0. The van der Waals surface area contributed by atoms with Gasteiger partial charge in [-0.2, -0.15) is 0 Å². The van der Waals surface area contributed by atoms with E-state index >= 15 is 0 Å². The molecular weight excluding hydrogens is 429 g/mol. The third-order valence-corrected chi connectivity index (χ3v) is 5.25. The van der Waals surface area contributed by atoms with Gasteiger partial charge in [0, 0.05) is 39.3 Å². The largest absolute Gasteiger partial charge is 0.381 e. The standard InChI is InChI=1S/C19H37N3O2.HI/c1-16-5-3-6-17(13-16)7-10-22-19(20-2)21-9-4-11-23-14-18-8-12-24-15-18;/h16-18H,3-15H2,1-2H3,(H2,20,21,22);1H. The van der Waals surface area contributed by atoms with Crippen molar-refractivity contribution in [2.24, 2.45) is 22.7 Å². The number of hydrogen-bond acceptors (Lipinski definition) is 3. The predicted octanol–water partition coefficient (Wildman–Crippen LogP) is 3.43. The molecule has 0 spiro atoms. The lowest BCUT2D eigenvalue weighted by Gasteiger charge is -2.26. The molecule has 0 aromatic rings. The monoisotopic (exact) mass is 467 g/mol. The Hall–Kier alpha value is -0.0800. The van der Waals surface area contributed by atoms with E-state index in [1.54, 1.807) is 0 Å². The summed E-state index contributed by atoms with van der Waals surface area (Å²) in [5, 5.41) is 6.83. The van der Waals surface area contributed by atoms with Gasteiger partial charge in [-0.15, -0.1) is 24.0 Å². The number of halogens is 1. The minimum absolute atomic E-state index is 0. The molecular formula is C19H38IN3O2. The average molecular weight is 467 g/mol. The molecule has 1 saturated carbocycles. The molecule has 0 aromatic heterocycles. The quantitative estimate of drug-likeness (QED) is 0.236. The summed E-state index contributed by atoms with van der Waals surface area (Å²) in [5.41, 5.74) is 0. The van der Waals surface area contributed by atoms with Gasteiger partial charge < -0.3 is 20.1 Å². The molecule has 1 heterocycles. The fraction of sp³-hybridized carbons (Fsp3) is 0.947. The zero-order chi connectivity index (χ0) is 17.0. The van der Waals surface area contributed by atoms with E-state index in [9.17, 15) is 0 Å². The van der Waals surface area contributed by atoms with Crippen LogP contribution in [0.2, 0.25) is 0 Å². The highest BCUT2D eigenvalue weighted by Crippen LogP contribution is 2.30. The van der Waals surface area contributed by atoms with Crippen molar-refractivity contribution in [3.8, 4) is 0 Å². The van der Waals surface area contributed by atoms with Crippen LogP contribution in [0.1, 0.15) is 51.9 Å². The molecule has 2 N–H and O–H groups in total. The van der Waals surface area contributed by atoms with Gasteiger partial charge >= 0.3 is 0 Å². The lowest BCUT2D eigenvalue weighted by Crippen LogP contribution is -2.39. The van der Waals surface area contributed by atoms with Crippen LogP contribution in [0, 0.1) is 17.8 Å². The Morgan fingerprint density at radius 1 is 1.16 bits per heavy atom. The number of ether oxygens (including phenoxy) is 2. The molecule has 2 fully saturated rings. The molecule has 1 aliphatic heterocycles. The van der Waals surface area contributed by atoms with E-state index in [2.05, 4.69) is 22.5 Å². The number of guanidine groups is 1. The van der Waals surface area contributed by atoms with Gasteiger partial charge in [-0.1, -0.05) is 26.2 Å². The Kier molecular flexibility index (Phi) is 12.9. The molecule has 3 unspecified atom stereocenters. The molecule has 25 heavy (non-hydrogen) atoms. The van der Waals surface area contributed by atoms with Gasteiger partial charge in [0.25, 0.3) is 0 Å². The summed E-state index contributed by atoms with van der Waals surface area (Å²) < 4.78 is 11.1. The number of nitrogens with one attached hydrogen (secondary N) is 2. The topological polar surface area (TPSA) is 54.9 Å². The third kappa shape index (κ3) is 9.99. The van der Waals surface area contributed by atoms with Crippen LogP contribution in [-0.4, -0.2) is 52.5 Å². The molecule has 0 aromatic carbocycles. The first-order valence-electron chi connectivity index (χ1n) is 9.88. The van der Waals surface area contributed by atoms with Crippen molar-refractivity contribution in [1.29, 1.82) is 0 Å². The molecule has 0 bridgehead atoms. The van der Waals surface area contributed by atoms with Crippen molar-refractivity contribution in [3.63, 3.8) is 0 Å². The second-order valence-corrected chi connectivity index (χ2v) is 7.51. The molecule has 0 radical (unpaired) electrons. The fourth-order valence-corrected chi connectivity index (χ4v) is 3.78. The van der Waals surface area contributed by atoms with E-state index in [0.717, 1.165) is 70.2 Å². The lowest BCUT2D eigenvalue weighted by atomic mass is 9.81. The second kappa shape index (κ2) is 14.0. The van der Waals surface area contributed by atoms with Crippen molar-refractivity contribution in [1.82, 2.24) is 10.6 Å². The van der Waals surface area contributed by atoms with Crippen LogP contribution >= 0.6 is 24.0 Å². The zero-order valence-electron chi connectivity index (χ0n) is 16.1. The van der Waals surface area contributed by atoms with Gasteiger partial charge in [0.05, 0.1) is 13.2 Å². The Labute approximate surface area is 171 Å². The van der Waals surface area contributed by atoms with Gasteiger partial charge in [0.1, 0.15) is 0 Å². The van der Waals surface area contributed by atoms with Crippen molar-refractivity contribution in [2.75, 3.05) is 46.6 Å². The van der Waals surface area contributed by atoms with Crippen LogP contribution < -0.4 is 10.6 Å². The highest BCUT2D eigenvalue weighted by molar-refractivity contribution is 14.0. The van der Waals surface area contributed by atoms with E-state index in [1.807, 2.05) is 7.05 Å². The maximum atomic E-state index is 5.72. The Morgan fingerprint density at radius 3 is 2.72 bits per heavy atom. The van der Waals surface area contributed by atoms with Crippen molar-refractivity contribution < 1.29 is 9.47 Å². The Balaban J connectivity index is 0.00000312. The van der Waals surface area contributed by atoms with Gasteiger partial charge in [-0.25, -0.2) is 0 Å². The van der Waals surface area contributed by atoms with E-state index in [4.69, 9.17) is 9.47 Å². The first kappa shape index (κ1) is 23.0. The Bertz CT molecular complexity index is 363. The smallest absolute Gasteiger partial charge is 0.190 e. The molecule has 5 nitrogen and oxygen atoms in total. The summed E-state index contributed by atoms with van der Waals surface area (Å²) in [5.74, 6) is 3.34. The molecule has 1 saturated heterocycles. The highest BCUT2D eigenvalue weighted by atomic mass is 127. The number of rotatable bonds is 9. The van der Waals surface area contributed by atoms with Crippen LogP contribution in [0.15, 0.2) is 4.99 Å². The van der Waals surface area contributed by atoms with Crippen LogP contribution in [0.25, 0.3) is 0 Å². The van der Waals surface area contributed by atoms with E-state index in [-0.39, 0.29) is 24.0 Å². The maximum absolute atomic E-state index is 5.72. The van der Waals surface area contributed by atoms with Gasteiger partial charge in [0.2, 0.25) is 0 Å². The predicted molar refractivity (Wildman–Crippen MR) is 115 cm³/mol. The molecule has 1 aliphatic carbocycles. The second-order valence-electron chi connectivity index (χ2n) is 7.51. The number of hydrogen-bond donors (Lipinski definition) is 2. The minimum Gasteiger partial charge on any atom is -0.381 e. The Morgan fingerprint density at radius 2 is 2.00 bits per heavy atom. The van der Waals surface area contributed by atoms with E-state index in [0.29, 0.717) is 5.92 Å². The van der Waals surface area contributed by atoms with Gasteiger partial charge in [-0.3, -0.25) is 4.99 Å². The maximum Gasteiger partial charge on any atom is 0.190 e. The zero-order valence-corrected chi connectivity index (χ0v) is 18.4. The third-order valence-electron chi connectivity index (χ3n) is 5.25. The van der Waals surface area contributed by atoms with Crippen LogP contribution in [-0.2, 0) is 9.47 Å². The summed E-state index contributed by atoms with van der Waals surface area (Å²) in [7, 11) is 1.84. The lowest BCUT2D eigenvalue weighted by molar-refractivity contribution is 0.0888. The molecule has 2 rings (SSSR count). The van der Waals surface area contributed by atoms with Crippen molar-refractivity contribution >= 4 is 29.9 Å². The molecule has 6 heteroatoms. The molecule has 148 valence electrons. The summed E-state index contributed by atoms with van der Waals surface area (Å²) in [6.45, 7) is 7.73. The van der Waals surface area contributed by atoms with Gasteiger partial charge in [-0.05, 0) is 37.5 Å². The minimum atomic E-state index is 0. The number of nitrogens with zero attached hydrogens (tertiary/aromatic N) is 1. The summed E-state index contributed by atoms with van der Waals surface area (Å²) in [6.07, 6.45) is 9.05. The van der Waals surface area contributed by atoms with E-state index < -0.39 is 0 Å². The summed E-state index contributed by atoms with van der Waals surface area (Å²) in [4.78, 5) is 4.30. The average Bonchev–Trinajstić information content (AvgIpc) is 3.09. The highest BCUT2D eigenvalue weighted by Gasteiger charge is 2.18. The fourth-order valence-electron chi connectivity index (χ4n) is 3.78. The first-order chi connectivity index (χ1) is 11.8.